The summed E-state index contributed by atoms with van der Waals surface area (Å²) in [5.74, 6) is 0.693. The van der Waals surface area contributed by atoms with E-state index in [1.165, 1.54) is 30.9 Å². The molecule has 18 heavy (non-hydrogen) atoms. The first kappa shape index (κ1) is 13.5. The maximum atomic E-state index is 13.4. The van der Waals surface area contributed by atoms with Crippen molar-refractivity contribution in [3.63, 3.8) is 0 Å². The Labute approximate surface area is 110 Å². The fraction of sp³-hybridized carbons (Fsp3) is 0.625. The molecule has 0 atom stereocenters. The minimum absolute atomic E-state index is 0.114. The molecular weight excluding hydrogens is 225 g/mol. The van der Waals surface area contributed by atoms with Crippen LogP contribution in [-0.4, -0.2) is 12.6 Å². The lowest BCUT2D eigenvalue weighted by atomic mass is 9.58. The molecule has 1 aliphatic rings. The van der Waals surface area contributed by atoms with Gasteiger partial charge in [-0.15, -0.1) is 0 Å². The Balaban J connectivity index is 2.15. The van der Waals surface area contributed by atoms with Crippen LogP contribution < -0.4 is 5.32 Å². The molecule has 0 bridgehead atoms. The fourth-order valence-electron chi connectivity index (χ4n) is 3.03. The van der Waals surface area contributed by atoms with Crippen molar-refractivity contribution < 1.29 is 4.39 Å². The van der Waals surface area contributed by atoms with Crippen LogP contribution in [0.25, 0.3) is 0 Å². The third kappa shape index (κ3) is 2.74. The summed E-state index contributed by atoms with van der Waals surface area (Å²) in [5.41, 5.74) is 1.33. The Morgan fingerprint density at radius 1 is 1.39 bits per heavy atom. The van der Waals surface area contributed by atoms with E-state index in [0.29, 0.717) is 6.04 Å². The standard InChI is InChI=1S/C16H24FN/c1-4-13-9-16(10-13,11-18-12(2)3)14-6-5-7-15(17)8-14/h5-8,12-13,18H,4,9-11H2,1-3H3. The summed E-state index contributed by atoms with van der Waals surface area (Å²) in [6.45, 7) is 7.53. The molecule has 1 nitrogen and oxygen atoms in total. The summed E-state index contributed by atoms with van der Waals surface area (Å²) in [4.78, 5) is 0. The Hall–Kier alpha value is -0.890. The monoisotopic (exact) mass is 249 g/mol. The number of hydrogen-bond donors (Lipinski definition) is 1. The molecular formula is C16H24FN. The molecule has 0 spiro atoms. The molecule has 1 fully saturated rings. The van der Waals surface area contributed by atoms with Gasteiger partial charge in [0, 0.05) is 18.0 Å². The molecule has 1 aromatic carbocycles. The Morgan fingerprint density at radius 3 is 2.67 bits per heavy atom. The second-order valence-corrected chi connectivity index (χ2v) is 6.01. The van der Waals surface area contributed by atoms with Gasteiger partial charge in [-0.2, -0.15) is 0 Å². The molecule has 1 saturated carbocycles. The third-order valence-electron chi connectivity index (χ3n) is 4.22. The van der Waals surface area contributed by atoms with E-state index in [4.69, 9.17) is 0 Å². The van der Waals surface area contributed by atoms with Gasteiger partial charge in [0.1, 0.15) is 5.82 Å². The van der Waals surface area contributed by atoms with E-state index in [-0.39, 0.29) is 11.2 Å². The van der Waals surface area contributed by atoms with Crippen molar-refractivity contribution in [2.24, 2.45) is 5.92 Å². The molecule has 0 aliphatic heterocycles. The van der Waals surface area contributed by atoms with Crippen molar-refractivity contribution in [1.82, 2.24) is 5.32 Å². The molecule has 2 heteroatoms. The van der Waals surface area contributed by atoms with Gasteiger partial charge in [0.15, 0.2) is 0 Å². The van der Waals surface area contributed by atoms with Crippen LogP contribution in [0, 0.1) is 11.7 Å². The third-order valence-corrected chi connectivity index (χ3v) is 4.22. The van der Waals surface area contributed by atoms with Gasteiger partial charge in [0.2, 0.25) is 0 Å². The van der Waals surface area contributed by atoms with Crippen LogP contribution >= 0.6 is 0 Å². The first-order chi connectivity index (χ1) is 8.55. The summed E-state index contributed by atoms with van der Waals surface area (Å²) in [6, 6.07) is 7.64. The maximum absolute atomic E-state index is 13.4. The van der Waals surface area contributed by atoms with E-state index in [9.17, 15) is 4.39 Å². The highest BCUT2D eigenvalue weighted by Gasteiger charge is 2.44. The zero-order chi connectivity index (χ0) is 13.2. The second-order valence-electron chi connectivity index (χ2n) is 6.01. The lowest BCUT2D eigenvalue weighted by Gasteiger charge is -2.49. The first-order valence-corrected chi connectivity index (χ1v) is 7.05. The molecule has 0 radical (unpaired) electrons. The highest BCUT2D eigenvalue weighted by atomic mass is 19.1. The fourth-order valence-corrected chi connectivity index (χ4v) is 3.03. The van der Waals surface area contributed by atoms with Gasteiger partial charge >= 0.3 is 0 Å². The Bertz CT molecular complexity index is 394. The predicted octanol–water partition coefficient (Wildman–Crippen LogP) is 3.88. The summed E-state index contributed by atoms with van der Waals surface area (Å²) in [7, 11) is 0. The van der Waals surface area contributed by atoms with E-state index in [1.807, 2.05) is 6.07 Å². The maximum Gasteiger partial charge on any atom is 0.123 e. The van der Waals surface area contributed by atoms with E-state index < -0.39 is 0 Å². The van der Waals surface area contributed by atoms with E-state index in [2.05, 4.69) is 32.2 Å². The molecule has 100 valence electrons. The highest BCUT2D eigenvalue weighted by Crippen LogP contribution is 2.48. The quantitative estimate of drug-likeness (QED) is 0.835. The van der Waals surface area contributed by atoms with Gasteiger partial charge in [0.25, 0.3) is 0 Å². The van der Waals surface area contributed by atoms with Crippen molar-refractivity contribution in [2.45, 2.75) is 51.5 Å². The summed E-state index contributed by atoms with van der Waals surface area (Å²) in [5, 5.41) is 3.53. The van der Waals surface area contributed by atoms with Crippen molar-refractivity contribution in [1.29, 1.82) is 0 Å². The van der Waals surface area contributed by atoms with Crippen molar-refractivity contribution in [3.05, 3.63) is 35.6 Å². The van der Waals surface area contributed by atoms with Gasteiger partial charge in [-0.3, -0.25) is 0 Å². The molecule has 0 aromatic heterocycles. The first-order valence-electron chi connectivity index (χ1n) is 7.05. The van der Waals surface area contributed by atoms with Gasteiger partial charge in [-0.1, -0.05) is 39.3 Å². The zero-order valence-electron chi connectivity index (χ0n) is 11.7. The number of rotatable bonds is 5. The topological polar surface area (TPSA) is 12.0 Å². The van der Waals surface area contributed by atoms with Crippen molar-refractivity contribution in [3.8, 4) is 0 Å². The van der Waals surface area contributed by atoms with Crippen LogP contribution in [0.5, 0.6) is 0 Å². The summed E-state index contributed by atoms with van der Waals surface area (Å²) >= 11 is 0. The van der Waals surface area contributed by atoms with Crippen LogP contribution in [-0.2, 0) is 5.41 Å². The van der Waals surface area contributed by atoms with Gasteiger partial charge in [-0.25, -0.2) is 4.39 Å². The average Bonchev–Trinajstić information content (AvgIpc) is 2.27. The Kier molecular flexibility index (Phi) is 4.06. The highest BCUT2D eigenvalue weighted by molar-refractivity contribution is 5.30. The summed E-state index contributed by atoms with van der Waals surface area (Å²) < 4.78 is 13.4. The minimum Gasteiger partial charge on any atom is -0.314 e. The van der Waals surface area contributed by atoms with E-state index in [1.54, 1.807) is 6.07 Å². The minimum atomic E-state index is -0.114. The molecule has 0 heterocycles. The largest absolute Gasteiger partial charge is 0.314 e. The summed E-state index contributed by atoms with van der Waals surface area (Å²) in [6.07, 6.45) is 3.61. The molecule has 1 aromatic rings. The Morgan fingerprint density at radius 2 is 2.11 bits per heavy atom. The lowest BCUT2D eigenvalue weighted by Crippen LogP contribution is -2.49. The average molecular weight is 249 g/mol. The van der Waals surface area contributed by atoms with Crippen molar-refractivity contribution >= 4 is 0 Å². The zero-order valence-corrected chi connectivity index (χ0v) is 11.7. The number of benzene rings is 1. The number of nitrogens with one attached hydrogen (secondary N) is 1. The van der Waals surface area contributed by atoms with Crippen LogP contribution in [0.15, 0.2) is 24.3 Å². The molecule has 1 aliphatic carbocycles. The number of hydrogen-bond acceptors (Lipinski definition) is 1. The van der Waals surface area contributed by atoms with Gasteiger partial charge < -0.3 is 5.32 Å². The lowest BCUT2D eigenvalue weighted by molar-refractivity contribution is 0.131. The van der Waals surface area contributed by atoms with Crippen molar-refractivity contribution in [2.75, 3.05) is 6.54 Å². The van der Waals surface area contributed by atoms with E-state index >= 15 is 0 Å². The predicted molar refractivity (Wildman–Crippen MR) is 74.2 cm³/mol. The van der Waals surface area contributed by atoms with Crippen LogP contribution in [0.1, 0.15) is 45.6 Å². The molecule has 0 saturated heterocycles. The molecule has 0 amide bonds. The van der Waals surface area contributed by atoms with Crippen LogP contribution in [0.2, 0.25) is 0 Å². The normalized spacial score (nSPS) is 27.3. The molecule has 0 unspecified atom stereocenters. The van der Waals surface area contributed by atoms with E-state index in [0.717, 1.165) is 12.5 Å². The van der Waals surface area contributed by atoms with Gasteiger partial charge in [-0.05, 0) is 36.5 Å². The molecule has 2 rings (SSSR count). The van der Waals surface area contributed by atoms with Crippen LogP contribution in [0.3, 0.4) is 0 Å². The smallest absolute Gasteiger partial charge is 0.123 e. The number of halogens is 1. The second kappa shape index (κ2) is 5.40. The molecule has 1 N–H and O–H groups in total. The van der Waals surface area contributed by atoms with Gasteiger partial charge in [0.05, 0.1) is 0 Å². The SMILES string of the molecule is CCC1CC(CNC(C)C)(c2cccc(F)c2)C1. The van der Waals surface area contributed by atoms with Crippen LogP contribution in [0.4, 0.5) is 4.39 Å².